The summed E-state index contributed by atoms with van der Waals surface area (Å²) in [6, 6.07) is 27.9. The summed E-state index contributed by atoms with van der Waals surface area (Å²) in [5.41, 5.74) is 3.89. The van der Waals surface area contributed by atoms with Gasteiger partial charge in [-0.1, -0.05) is 29.8 Å². The van der Waals surface area contributed by atoms with Crippen molar-refractivity contribution in [3.8, 4) is 28.7 Å². The SMILES string of the molecule is C[n+]1c(-c2ccccc2)[nH]c(Sc2ccc(Cl)cc2)c1-c1ccc(C#N)cc1. The number of hydrogen-bond donors (Lipinski definition) is 1. The number of halogens is 1. The molecule has 0 unspecified atom stereocenters. The summed E-state index contributed by atoms with van der Waals surface area (Å²) in [5.74, 6) is 1.02. The number of nitriles is 1. The molecule has 136 valence electrons. The maximum absolute atomic E-state index is 9.10. The molecular formula is C23H17ClN3S+. The Morgan fingerprint density at radius 2 is 1.57 bits per heavy atom. The molecule has 0 saturated carbocycles. The molecule has 0 saturated heterocycles. The predicted molar refractivity (Wildman–Crippen MR) is 113 cm³/mol. The lowest BCUT2D eigenvalue weighted by Crippen LogP contribution is -2.31. The second-order valence-corrected chi connectivity index (χ2v) is 7.84. The zero-order valence-corrected chi connectivity index (χ0v) is 16.8. The Morgan fingerprint density at radius 1 is 0.893 bits per heavy atom. The van der Waals surface area contributed by atoms with E-state index in [1.807, 2.05) is 66.7 Å². The lowest BCUT2D eigenvalue weighted by atomic mass is 10.1. The molecule has 4 aromatic rings. The van der Waals surface area contributed by atoms with Gasteiger partial charge in [-0.05, 0) is 72.4 Å². The van der Waals surface area contributed by atoms with Crippen molar-refractivity contribution in [2.75, 3.05) is 0 Å². The van der Waals surface area contributed by atoms with Crippen LogP contribution >= 0.6 is 23.4 Å². The van der Waals surface area contributed by atoms with Gasteiger partial charge < -0.3 is 0 Å². The number of aromatic amines is 1. The lowest BCUT2D eigenvalue weighted by Gasteiger charge is -2.02. The molecule has 0 radical (unpaired) electrons. The normalized spacial score (nSPS) is 10.6. The Labute approximate surface area is 173 Å². The summed E-state index contributed by atoms with van der Waals surface area (Å²) < 4.78 is 2.16. The van der Waals surface area contributed by atoms with Gasteiger partial charge in [0.1, 0.15) is 0 Å². The second-order valence-electron chi connectivity index (χ2n) is 6.32. The van der Waals surface area contributed by atoms with Gasteiger partial charge in [-0.15, -0.1) is 0 Å². The van der Waals surface area contributed by atoms with Crippen LogP contribution in [0.25, 0.3) is 22.6 Å². The second kappa shape index (κ2) is 7.93. The van der Waals surface area contributed by atoms with Crippen molar-refractivity contribution in [1.82, 2.24) is 4.98 Å². The lowest BCUT2D eigenvalue weighted by molar-refractivity contribution is -0.648. The van der Waals surface area contributed by atoms with Crippen LogP contribution in [0.5, 0.6) is 0 Å². The standard InChI is InChI=1S/C23H16ClN3S/c1-27-21(17-9-7-16(15-25)8-10-17)23(28-20-13-11-19(24)12-14-20)26-22(27)18-5-3-2-4-6-18/h2-14H,1H3/p+1. The van der Waals surface area contributed by atoms with Crippen LogP contribution in [0.4, 0.5) is 0 Å². The van der Waals surface area contributed by atoms with Crippen molar-refractivity contribution in [3.05, 3.63) is 89.4 Å². The Balaban J connectivity index is 1.84. The van der Waals surface area contributed by atoms with Gasteiger partial charge in [-0.3, -0.25) is 0 Å². The summed E-state index contributed by atoms with van der Waals surface area (Å²) in [5, 5.41) is 10.9. The first kappa shape index (κ1) is 18.4. The molecule has 1 heterocycles. The highest BCUT2D eigenvalue weighted by molar-refractivity contribution is 7.99. The van der Waals surface area contributed by atoms with Crippen LogP contribution in [0.2, 0.25) is 5.02 Å². The number of nitrogens with zero attached hydrogens (tertiary/aromatic N) is 2. The Kier molecular flexibility index (Phi) is 5.21. The molecule has 0 bridgehead atoms. The molecule has 3 nitrogen and oxygen atoms in total. The highest BCUT2D eigenvalue weighted by Crippen LogP contribution is 2.35. The minimum atomic E-state index is 0.650. The molecule has 1 N–H and O–H groups in total. The van der Waals surface area contributed by atoms with Crippen LogP contribution in [0, 0.1) is 11.3 Å². The molecule has 0 aliphatic heterocycles. The maximum atomic E-state index is 9.10. The molecule has 4 rings (SSSR count). The largest absolute Gasteiger partial charge is 0.287 e. The average Bonchev–Trinajstić information content (AvgIpc) is 3.06. The van der Waals surface area contributed by atoms with Gasteiger partial charge in [0.25, 0.3) is 5.82 Å². The van der Waals surface area contributed by atoms with Crippen molar-refractivity contribution in [1.29, 1.82) is 5.26 Å². The summed E-state index contributed by atoms with van der Waals surface area (Å²) in [6.07, 6.45) is 0. The van der Waals surface area contributed by atoms with E-state index < -0.39 is 0 Å². The van der Waals surface area contributed by atoms with E-state index in [1.54, 1.807) is 11.8 Å². The number of H-pyrrole nitrogens is 1. The smallest absolute Gasteiger partial charge is 0.231 e. The third-order valence-electron chi connectivity index (χ3n) is 4.49. The third-order valence-corrected chi connectivity index (χ3v) is 5.75. The van der Waals surface area contributed by atoms with Crippen molar-refractivity contribution < 1.29 is 4.57 Å². The van der Waals surface area contributed by atoms with E-state index in [1.165, 1.54) is 0 Å². The number of aromatic nitrogens is 2. The highest BCUT2D eigenvalue weighted by Gasteiger charge is 2.25. The fraction of sp³-hybridized carbons (Fsp3) is 0.0435. The summed E-state index contributed by atoms with van der Waals surface area (Å²) in [6.45, 7) is 0. The van der Waals surface area contributed by atoms with Gasteiger partial charge >= 0.3 is 0 Å². The molecule has 1 aromatic heterocycles. The van der Waals surface area contributed by atoms with Gasteiger partial charge in [0.2, 0.25) is 5.03 Å². The fourth-order valence-electron chi connectivity index (χ4n) is 3.10. The first-order valence-electron chi connectivity index (χ1n) is 8.77. The summed E-state index contributed by atoms with van der Waals surface area (Å²) >= 11 is 7.69. The van der Waals surface area contributed by atoms with E-state index >= 15 is 0 Å². The molecular weight excluding hydrogens is 386 g/mol. The first-order chi connectivity index (χ1) is 13.7. The topological polar surface area (TPSA) is 43.5 Å². The van der Waals surface area contributed by atoms with Gasteiger partial charge in [0, 0.05) is 15.5 Å². The van der Waals surface area contributed by atoms with E-state index in [-0.39, 0.29) is 0 Å². The molecule has 0 atom stereocenters. The minimum Gasteiger partial charge on any atom is -0.231 e. The maximum Gasteiger partial charge on any atom is 0.287 e. The molecule has 0 aliphatic rings. The average molecular weight is 403 g/mol. The van der Waals surface area contributed by atoms with Crippen molar-refractivity contribution in [2.45, 2.75) is 9.92 Å². The quantitative estimate of drug-likeness (QED) is 0.435. The molecule has 0 amide bonds. The van der Waals surface area contributed by atoms with Crippen LogP contribution in [0.1, 0.15) is 5.56 Å². The molecule has 28 heavy (non-hydrogen) atoms. The molecule has 3 aromatic carbocycles. The van der Waals surface area contributed by atoms with Crippen molar-refractivity contribution in [3.63, 3.8) is 0 Å². The first-order valence-corrected chi connectivity index (χ1v) is 9.96. The minimum absolute atomic E-state index is 0.650. The van der Waals surface area contributed by atoms with Crippen LogP contribution in [-0.4, -0.2) is 4.98 Å². The Morgan fingerprint density at radius 3 is 2.21 bits per heavy atom. The molecule has 0 spiro atoms. The highest BCUT2D eigenvalue weighted by atomic mass is 35.5. The van der Waals surface area contributed by atoms with Crippen LogP contribution in [-0.2, 0) is 7.05 Å². The van der Waals surface area contributed by atoms with Gasteiger partial charge in [0.15, 0.2) is 5.69 Å². The van der Waals surface area contributed by atoms with Crippen LogP contribution in [0.15, 0.2) is 88.8 Å². The van der Waals surface area contributed by atoms with Crippen LogP contribution in [0.3, 0.4) is 0 Å². The fourth-order valence-corrected chi connectivity index (χ4v) is 4.23. The van der Waals surface area contributed by atoms with E-state index in [2.05, 4.69) is 34.8 Å². The van der Waals surface area contributed by atoms with Gasteiger partial charge in [0.05, 0.1) is 24.2 Å². The number of rotatable bonds is 4. The van der Waals surface area contributed by atoms with E-state index in [9.17, 15) is 0 Å². The van der Waals surface area contributed by atoms with Gasteiger partial charge in [-0.25, -0.2) is 9.55 Å². The number of benzene rings is 3. The van der Waals surface area contributed by atoms with Crippen molar-refractivity contribution >= 4 is 23.4 Å². The number of nitrogens with one attached hydrogen (secondary N) is 1. The van der Waals surface area contributed by atoms with E-state index in [0.29, 0.717) is 5.56 Å². The molecule has 0 aliphatic carbocycles. The van der Waals surface area contributed by atoms with Crippen LogP contribution < -0.4 is 4.57 Å². The van der Waals surface area contributed by atoms with Crippen molar-refractivity contribution in [2.24, 2.45) is 7.05 Å². The zero-order chi connectivity index (χ0) is 19.5. The predicted octanol–water partition coefficient (Wildman–Crippen LogP) is 5.85. The Bertz CT molecular complexity index is 1140. The third kappa shape index (κ3) is 3.68. The monoisotopic (exact) mass is 402 g/mol. The summed E-state index contributed by atoms with van der Waals surface area (Å²) in [7, 11) is 2.05. The number of hydrogen-bond acceptors (Lipinski definition) is 2. The van der Waals surface area contributed by atoms with Gasteiger partial charge in [-0.2, -0.15) is 5.26 Å². The zero-order valence-electron chi connectivity index (χ0n) is 15.2. The van der Waals surface area contributed by atoms with E-state index in [4.69, 9.17) is 16.9 Å². The van der Waals surface area contributed by atoms with E-state index in [0.717, 1.165) is 37.6 Å². The molecule has 5 heteroatoms. The molecule has 0 fully saturated rings. The Hall–Kier alpha value is -3.00. The number of imidazole rings is 1. The summed E-state index contributed by atoms with van der Waals surface area (Å²) in [4.78, 5) is 4.68.